The molecule has 0 spiro atoms. The van der Waals surface area contributed by atoms with Gasteiger partial charge in [-0.3, -0.25) is 0 Å². The van der Waals surface area contributed by atoms with E-state index < -0.39 is 0 Å². The quantitative estimate of drug-likeness (QED) is 0.692. The molecule has 3 heteroatoms. The Bertz CT molecular complexity index is 309. The van der Waals surface area contributed by atoms with E-state index in [0.717, 1.165) is 25.2 Å². The van der Waals surface area contributed by atoms with Crippen LogP contribution in [-0.4, -0.2) is 16.5 Å². The Morgan fingerprint density at radius 2 is 2.46 bits per heavy atom. The highest BCUT2D eigenvalue weighted by molar-refractivity contribution is 5.21. The molecule has 1 heterocycles. The summed E-state index contributed by atoms with van der Waals surface area (Å²) in [5, 5.41) is 0. The van der Waals surface area contributed by atoms with Gasteiger partial charge in [0.25, 0.3) is 0 Å². The molecular weight excluding hydrogens is 162 g/mol. The van der Waals surface area contributed by atoms with E-state index in [1.807, 2.05) is 13.1 Å². The maximum atomic E-state index is 5.66. The molecule has 0 saturated heterocycles. The van der Waals surface area contributed by atoms with Gasteiger partial charge in [0.15, 0.2) is 0 Å². The Morgan fingerprint density at radius 1 is 1.62 bits per heavy atom. The lowest BCUT2D eigenvalue weighted by Crippen LogP contribution is -2.23. The van der Waals surface area contributed by atoms with Gasteiger partial charge >= 0.3 is 0 Å². The van der Waals surface area contributed by atoms with Gasteiger partial charge < -0.3 is 5.73 Å². The fraction of sp³-hybridized carbons (Fsp3) is 0.600. The van der Waals surface area contributed by atoms with Gasteiger partial charge in [-0.25, -0.2) is 9.97 Å². The summed E-state index contributed by atoms with van der Waals surface area (Å²) in [5.74, 6) is 1.50. The minimum atomic E-state index is 0.627. The Morgan fingerprint density at radius 3 is 3.23 bits per heavy atom. The molecule has 0 fully saturated rings. The number of aromatic nitrogens is 2. The molecule has 0 amide bonds. The minimum absolute atomic E-state index is 0.627. The SMILES string of the molecule is Cc1ncc2c(n1)CC(CN)CC2. The Hall–Kier alpha value is -0.960. The van der Waals surface area contributed by atoms with Gasteiger partial charge in [-0.1, -0.05) is 0 Å². The van der Waals surface area contributed by atoms with E-state index >= 15 is 0 Å². The molecular formula is C10H15N3. The molecule has 1 aliphatic rings. The van der Waals surface area contributed by atoms with E-state index in [0.29, 0.717) is 5.92 Å². The third-order valence-corrected chi connectivity index (χ3v) is 2.71. The van der Waals surface area contributed by atoms with Gasteiger partial charge in [-0.05, 0) is 44.2 Å². The van der Waals surface area contributed by atoms with Crippen molar-refractivity contribution < 1.29 is 0 Å². The topological polar surface area (TPSA) is 51.8 Å². The zero-order chi connectivity index (χ0) is 9.26. The van der Waals surface area contributed by atoms with E-state index in [9.17, 15) is 0 Å². The molecule has 0 aromatic carbocycles. The second-order valence-corrected chi connectivity index (χ2v) is 3.73. The van der Waals surface area contributed by atoms with Crippen molar-refractivity contribution in [2.75, 3.05) is 6.54 Å². The summed E-state index contributed by atoms with van der Waals surface area (Å²) in [6, 6.07) is 0. The number of aryl methyl sites for hydroxylation is 2. The number of hydrogen-bond donors (Lipinski definition) is 1. The van der Waals surface area contributed by atoms with Gasteiger partial charge in [0.2, 0.25) is 0 Å². The molecule has 1 aromatic rings. The summed E-state index contributed by atoms with van der Waals surface area (Å²) in [4.78, 5) is 8.65. The van der Waals surface area contributed by atoms with E-state index in [2.05, 4.69) is 9.97 Å². The molecule has 13 heavy (non-hydrogen) atoms. The number of hydrogen-bond acceptors (Lipinski definition) is 3. The summed E-state index contributed by atoms with van der Waals surface area (Å²) >= 11 is 0. The summed E-state index contributed by atoms with van der Waals surface area (Å²) in [7, 11) is 0. The van der Waals surface area contributed by atoms with Crippen LogP contribution in [0.2, 0.25) is 0 Å². The monoisotopic (exact) mass is 177 g/mol. The van der Waals surface area contributed by atoms with Crippen LogP contribution < -0.4 is 5.73 Å². The average molecular weight is 177 g/mol. The molecule has 1 unspecified atom stereocenters. The Balaban J connectivity index is 2.27. The summed E-state index contributed by atoms with van der Waals surface area (Å²) < 4.78 is 0. The number of nitrogens with zero attached hydrogens (tertiary/aromatic N) is 2. The fourth-order valence-corrected chi connectivity index (χ4v) is 1.86. The van der Waals surface area contributed by atoms with Crippen LogP contribution in [0.5, 0.6) is 0 Å². The molecule has 2 N–H and O–H groups in total. The van der Waals surface area contributed by atoms with Crippen LogP contribution in [0, 0.1) is 12.8 Å². The average Bonchev–Trinajstić information content (AvgIpc) is 2.16. The second kappa shape index (κ2) is 3.42. The third kappa shape index (κ3) is 1.70. The molecule has 1 aliphatic carbocycles. The summed E-state index contributed by atoms with van der Waals surface area (Å²) in [6.45, 7) is 2.72. The van der Waals surface area contributed by atoms with Gasteiger partial charge in [-0.15, -0.1) is 0 Å². The first-order chi connectivity index (χ1) is 6.29. The molecule has 1 atom stereocenters. The second-order valence-electron chi connectivity index (χ2n) is 3.73. The lowest BCUT2D eigenvalue weighted by Gasteiger charge is -2.21. The number of rotatable bonds is 1. The predicted molar refractivity (Wildman–Crippen MR) is 51.3 cm³/mol. The molecule has 0 saturated carbocycles. The Labute approximate surface area is 78.4 Å². The van der Waals surface area contributed by atoms with Crippen LogP contribution in [0.3, 0.4) is 0 Å². The third-order valence-electron chi connectivity index (χ3n) is 2.71. The highest BCUT2D eigenvalue weighted by atomic mass is 14.9. The van der Waals surface area contributed by atoms with E-state index in [1.165, 1.54) is 17.7 Å². The van der Waals surface area contributed by atoms with E-state index in [-0.39, 0.29) is 0 Å². The highest BCUT2D eigenvalue weighted by Gasteiger charge is 2.18. The van der Waals surface area contributed by atoms with Crippen molar-refractivity contribution in [1.82, 2.24) is 9.97 Å². The molecule has 1 aromatic heterocycles. The van der Waals surface area contributed by atoms with Crippen molar-refractivity contribution in [3.63, 3.8) is 0 Å². The van der Waals surface area contributed by atoms with Crippen molar-refractivity contribution in [3.05, 3.63) is 23.3 Å². The van der Waals surface area contributed by atoms with Crippen LogP contribution in [0.4, 0.5) is 0 Å². The molecule has 2 rings (SSSR count). The zero-order valence-corrected chi connectivity index (χ0v) is 7.95. The minimum Gasteiger partial charge on any atom is -0.330 e. The maximum Gasteiger partial charge on any atom is 0.125 e. The van der Waals surface area contributed by atoms with Crippen molar-refractivity contribution in [2.45, 2.75) is 26.2 Å². The van der Waals surface area contributed by atoms with E-state index in [4.69, 9.17) is 5.73 Å². The molecule has 0 bridgehead atoms. The zero-order valence-electron chi connectivity index (χ0n) is 7.95. The van der Waals surface area contributed by atoms with Crippen LogP contribution in [0.25, 0.3) is 0 Å². The van der Waals surface area contributed by atoms with Crippen molar-refractivity contribution in [2.24, 2.45) is 11.7 Å². The van der Waals surface area contributed by atoms with Crippen LogP contribution in [-0.2, 0) is 12.8 Å². The summed E-state index contributed by atoms with van der Waals surface area (Å²) in [5.41, 5.74) is 8.19. The predicted octanol–water partition coefficient (Wildman–Crippen LogP) is 0.849. The van der Waals surface area contributed by atoms with Gasteiger partial charge in [0, 0.05) is 11.9 Å². The van der Waals surface area contributed by atoms with Crippen LogP contribution >= 0.6 is 0 Å². The largest absolute Gasteiger partial charge is 0.330 e. The molecule has 0 radical (unpaired) electrons. The standard InChI is InChI=1S/C10H15N3/c1-7-12-6-9-3-2-8(5-11)4-10(9)13-7/h6,8H,2-5,11H2,1H3. The van der Waals surface area contributed by atoms with Crippen molar-refractivity contribution >= 4 is 0 Å². The molecule has 70 valence electrons. The summed E-state index contributed by atoms with van der Waals surface area (Å²) in [6.07, 6.45) is 5.28. The molecule has 0 aliphatic heterocycles. The smallest absolute Gasteiger partial charge is 0.125 e. The van der Waals surface area contributed by atoms with Crippen LogP contribution in [0.1, 0.15) is 23.5 Å². The first-order valence-corrected chi connectivity index (χ1v) is 4.81. The van der Waals surface area contributed by atoms with Gasteiger partial charge in [0.1, 0.15) is 5.82 Å². The van der Waals surface area contributed by atoms with Crippen molar-refractivity contribution in [3.8, 4) is 0 Å². The normalized spacial score (nSPS) is 21.2. The maximum absolute atomic E-state index is 5.66. The lowest BCUT2D eigenvalue weighted by atomic mass is 9.88. The fourth-order valence-electron chi connectivity index (χ4n) is 1.86. The Kier molecular flexibility index (Phi) is 2.27. The number of fused-ring (bicyclic) bond motifs is 1. The first-order valence-electron chi connectivity index (χ1n) is 4.81. The highest BCUT2D eigenvalue weighted by Crippen LogP contribution is 2.22. The first kappa shape index (κ1) is 8.63. The lowest BCUT2D eigenvalue weighted by molar-refractivity contribution is 0.459. The van der Waals surface area contributed by atoms with Gasteiger partial charge in [0.05, 0.1) is 0 Å². The van der Waals surface area contributed by atoms with Gasteiger partial charge in [-0.2, -0.15) is 0 Å². The van der Waals surface area contributed by atoms with E-state index in [1.54, 1.807) is 0 Å². The van der Waals surface area contributed by atoms with Crippen LogP contribution in [0.15, 0.2) is 6.20 Å². The van der Waals surface area contributed by atoms with Crippen molar-refractivity contribution in [1.29, 1.82) is 0 Å². The number of nitrogens with two attached hydrogens (primary N) is 1. The molecule has 3 nitrogen and oxygen atoms in total.